The van der Waals surface area contributed by atoms with Gasteiger partial charge in [0.1, 0.15) is 0 Å². The van der Waals surface area contributed by atoms with E-state index in [4.69, 9.17) is 9.47 Å². The predicted molar refractivity (Wildman–Crippen MR) is 50.8 cm³/mol. The molecule has 3 nitrogen and oxygen atoms in total. The molecule has 2 heterocycles. The number of hydrogen-bond acceptors (Lipinski definition) is 3. The Hall–Kier alpha value is -0.120. The first-order valence-electron chi connectivity index (χ1n) is 5.27. The Morgan fingerprint density at radius 2 is 2.31 bits per heavy atom. The quantitative estimate of drug-likeness (QED) is 0.705. The van der Waals surface area contributed by atoms with E-state index < -0.39 is 0 Å². The normalized spacial score (nSPS) is 32.5. The maximum absolute atomic E-state index is 5.80. The van der Waals surface area contributed by atoms with Crippen molar-refractivity contribution in [2.45, 2.75) is 25.9 Å². The summed E-state index contributed by atoms with van der Waals surface area (Å²) in [4.78, 5) is 0. The van der Waals surface area contributed by atoms with Gasteiger partial charge in [-0.15, -0.1) is 0 Å². The molecule has 0 spiro atoms. The number of rotatable bonds is 3. The molecule has 2 saturated heterocycles. The number of ether oxygens (including phenoxy) is 2. The van der Waals surface area contributed by atoms with Gasteiger partial charge in [0.15, 0.2) is 0 Å². The first-order chi connectivity index (χ1) is 6.37. The van der Waals surface area contributed by atoms with Crippen LogP contribution in [0, 0.1) is 5.41 Å². The van der Waals surface area contributed by atoms with Crippen molar-refractivity contribution in [3.63, 3.8) is 0 Å². The minimum absolute atomic E-state index is 0.335. The van der Waals surface area contributed by atoms with E-state index >= 15 is 0 Å². The highest BCUT2D eigenvalue weighted by atomic mass is 16.5. The van der Waals surface area contributed by atoms with Gasteiger partial charge in [-0.3, -0.25) is 0 Å². The van der Waals surface area contributed by atoms with Crippen molar-refractivity contribution in [3.8, 4) is 0 Å². The van der Waals surface area contributed by atoms with Crippen LogP contribution in [0.3, 0.4) is 0 Å². The van der Waals surface area contributed by atoms with Crippen molar-refractivity contribution in [2.24, 2.45) is 5.41 Å². The SMILES string of the molecule is CCCC1(C2CNCCO2)COC1. The molecule has 2 aliphatic heterocycles. The van der Waals surface area contributed by atoms with Crippen LogP contribution in [0.1, 0.15) is 19.8 Å². The van der Waals surface area contributed by atoms with Gasteiger partial charge in [-0.25, -0.2) is 0 Å². The zero-order valence-corrected chi connectivity index (χ0v) is 8.34. The Morgan fingerprint density at radius 1 is 1.46 bits per heavy atom. The van der Waals surface area contributed by atoms with E-state index in [1.165, 1.54) is 12.8 Å². The third-order valence-electron chi connectivity index (χ3n) is 3.14. The molecule has 3 heteroatoms. The Bertz CT molecular complexity index is 162. The summed E-state index contributed by atoms with van der Waals surface area (Å²) in [6, 6.07) is 0. The first-order valence-corrected chi connectivity index (χ1v) is 5.27. The minimum atomic E-state index is 0.335. The van der Waals surface area contributed by atoms with Crippen LogP contribution in [-0.4, -0.2) is 39.0 Å². The van der Waals surface area contributed by atoms with Gasteiger partial charge in [-0.2, -0.15) is 0 Å². The summed E-state index contributed by atoms with van der Waals surface area (Å²) >= 11 is 0. The highest BCUT2D eigenvalue weighted by Crippen LogP contribution is 2.38. The topological polar surface area (TPSA) is 30.5 Å². The van der Waals surface area contributed by atoms with E-state index in [1.54, 1.807) is 0 Å². The summed E-state index contributed by atoms with van der Waals surface area (Å²) in [5.74, 6) is 0. The molecule has 2 aliphatic rings. The molecule has 2 fully saturated rings. The fourth-order valence-electron chi connectivity index (χ4n) is 2.31. The fourth-order valence-corrected chi connectivity index (χ4v) is 2.31. The summed E-state index contributed by atoms with van der Waals surface area (Å²) in [7, 11) is 0. The number of nitrogens with one attached hydrogen (secondary N) is 1. The lowest BCUT2D eigenvalue weighted by molar-refractivity contribution is -0.196. The molecule has 0 radical (unpaired) electrons. The van der Waals surface area contributed by atoms with E-state index in [9.17, 15) is 0 Å². The molecular weight excluding hydrogens is 166 g/mol. The van der Waals surface area contributed by atoms with Crippen LogP contribution in [-0.2, 0) is 9.47 Å². The maximum atomic E-state index is 5.80. The third kappa shape index (κ3) is 1.73. The summed E-state index contributed by atoms with van der Waals surface area (Å²) in [6.45, 7) is 6.88. The number of hydrogen-bond donors (Lipinski definition) is 1. The molecule has 76 valence electrons. The molecule has 0 amide bonds. The molecule has 0 aromatic heterocycles. The van der Waals surface area contributed by atoms with Gasteiger partial charge in [-0.1, -0.05) is 13.3 Å². The smallest absolute Gasteiger partial charge is 0.0800 e. The molecule has 0 aromatic carbocycles. The van der Waals surface area contributed by atoms with Gasteiger partial charge >= 0.3 is 0 Å². The van der Waals surface area contributed by atoms with Crippen LogP contribution in [0.25, 0.3) is 0 Å². The monoisotopic (exact) mass is 185 g/mol. The van der Waals surface area contributed by atoms with Crippen LogP contribution in [0.15, 0.2) is 0 Å². The Morgan fingerprint density at radius 3 is 2.77 bits per heavy atom. The van der Waals surface area contributed by atoms with E-state index in [0.29, 0.717) is 11.5 Å². The summed E-state index contributed by atoms with van der Waals surface area (Å²) in [5, 5.41) is 3.39. The molecular formula is C10H19NO2. The molecule has 0 aliphatic carbocycles. The van der Waals surface area contributed by atoms with Gasteiger partial charge in [0, 0.05) is 18.5 Å². The molecule has 13 heavy (non-hydrogen) atoms. The highest BCUT2D eigenvalue weighted by molar-refractivity contribution is 4.94. The van der Waals surface area contributed by atoms with Gasteiger partial charge in [0.25, 0.3) is 0 Å². The molecule has 0 saturated carbocycles. The van der Waals surface area contributed by atoms with E-state index in [-0.39, 0.29) is 0 Å². The van der Waals surface area contributed by atoms with Crippen molar-refractivity contribution >= 4 is 0 Å². The van der Waals surface area contributed by atoms with Crippen LogP contribution in [0.4, 0.5) is 0 Å². The summed E-state index contributed by atoms with van der Waals surface area (Å²) < 4.78 is 11.1. The van der Waals surface area contributed by atoms with Crippen molar-refractivity contribution in [1.29, 1.82) is 0 Å². The molecule has 2 rings (SSSR count). The van der Waals surface area contributed by atoms with Crippen LogP contribution >= 0.6 is 0 Å². The predicted octanol–water partition coefficient (Wildman–Crippen LogP) is 0.791. The third-order valence-corrected chi connectivity index (χ3v) is 3.14. The Balaban J connectivity index is 1.93. The average Bonchev–Trinajstić information content (AvgIpc) is 2.13. The highest BCUT2D eigenvalue weighted by Gasteiger charge is 2.45. The van der Waals surface area contributed by atoms with Gasteiger partial charge in [0.2, 0.25) is 0 Å². The lowest BCUT2D eigenvalue weighted by atomic mass is 9.76. The lowest BCUT2D eigenvalue weighted by Gasteiger charge is -2.48. The largest absolute Gasteiger partial charge is 0.380 e. The van der Waals surface area contributed by atoms with Gasteiger partial charge in [0.05, 0.1) is 25.9 Å². The zero-order chi connectivity index (χ0) is 9.15. The Labute approximate surface area is 79.8 Å². The van der Waals surface area contributed by atoms with Gasteiger partial charge in [-0.05, 0) is 6.42 Å². The van der Waals surface area contributed by atoms with E-state index in [2.05, 4.69) is 12.2 Å². The standard InChI is InChI=1S/C10H19NO2/c1-2-3-10(7-12-8-10)9-6-11-4-5-13-9/h9,11H,2-8H2,1H3. The second kappa shape index (κ2) is 3.95. The van der Waals surface area contributed by atoms with Crippen molar-refractivity contribution in [2.75, 3.05) is 32.9 Å². The first kappa shape index (κ1) is 9.44. The lowest BCUT2D eigenvalue weighted by Crippen LogP contribution is -2.58. The fraction of sp³-hybridized carbons (Fsp3) is 1.00. The van der Waals surface area contributed by atoms with E-state index in [0.717, 1.165) is 32.9 Å². The molecule has 1 atom stereocenters. The average molecular weight is 185 g/mol. The second-order valence-corrected chi connectivity index (χ2v) is 4.17. The zero-order valence-electron chi connectivity index (χ0n) is 8.34. The van der Waals surface area contributed by atoms with Crippen LogP contribution < -0.4 is 5.32 Å². The number of morpholine rings is 1. The van der Waals surface area contributed by atoms with Crippen LogP contribution in [0.5, 0.6) is 0 Å². The second-order valence-electron chi connectivity index (χ2n) is 4.17. The molecule has 1 N–H and O–H groups in total. The van der Waals surface area contributed by atoms with Crippen molar-refractivity contribution < 1.29 is 9.47 Å². The van der Waals surface area contributed by atoms with E-state index in [1.807, 2.05) is 0 Å². The van der Waals surface area contributed by atoms with Gasteiger partial charge < -0.3 is 14.8 Å². The van der Waals surface area contributed by atoms with Crippen LogP contribution in [0.2, 0.25) is 0 Å². The molecule has 1 unspecified atom stereocenters. The Kier molecular flexibility index (Phi) is 2.86. The van der Waals surface area contributed by atoms with Crippen molar-refractivity contribution in [3.05, 3.63) is 0 Å². The minimum Gasteiger partial charge on any atom is -0.380 e. The molecule has 0 aromatic rings. The van der Waals surface area contributed by atoms with Crippen molar-refractivity contribution in [1.82, 2.24) is 5.32 Å². The summed E-state index contributed by atoms with van der Waals surface area (Å²) in [5.41, 5.74) is 0.335. The maximum Gasteiger partial charge on any atom is 0.0800 e. The molecule has 0 bridgehead atoms. The summed E-state index contributed by atoms with van der Waals surface area (Å²) in [6.07, 6.45) is 2.85.